The summed E-state index contributed by atoms with van der Waals surface area (Å²) < 4.78 is 0. The molecule has 1 saturated heterocycles. The third-order valence-electron chi connectivity index (χ3n) is 5.38. The summed E-state index contributed by atoms with van der Waals surface area (Å²) >= 11 is 0. The molecule has 3 aromatic rings. The van der Waals surface area contributed by atoms with Gasteiger partial charge in [0.15, 0.2) is 5.82 Å². The minimum atomic E-state index is 0.726. The van der Waals surface area contributed by atoms with Crippen molar-refractivity contribution in [1.82, 2.24) is 15.2 Å². The Morgan fingerprint density at radius 1 is 0.741 bits per heavy atom. The Hall–Kier alpha value is -3.15. The van der Waals surface area contributed by atoms with Crippen molar-refractivity contribution >= 4 is 23.1 Å². The number of fused-ring (bicyclic) bond motifs is 1. The van der Waals surface area contributed by atoms with Gasteiger partial charge in [-0.25, -0.2) is 0 Å². The second kappa shape index (κ2) is 6.87. The molecule has 2 aromatic carbocycles. The Kier molecular flexibility index (Phi) is 4.08. The van der Waals surface area contributed by atoms with Crippen LogP contribution >= 0.6 is 0 Å². The highest BCUT2D eigenvalue weighted by Crippen LogP contribution is 2.33. The van der Waals surface area contributed by atoms with Crippen molar-refractivity contribution in [3.05, 3.63) is 66.4 Å². The number of piperazine rings is 1. The lowest BCUT2D eigenvalue weighted by Gasteiger charge is -2.36. The van der Waals surface area contributed by atoms with Crippen LogP contribution in [0.1, 0.15) is 5.56 Å². The molecule has 27 heavy (non-hydrogen) atoms. The Balaban J connectivity index is 1.32. The minimum Gasteiger partial charge on any atom is -0.368 e. The number of hydrogen-bond donors (Lipinski definition) is 0. The zero-order valence-electron chi connectivity index (χ0n) is 15.2. The fourth-order valence-corrected chi connectivity index (χ4v) is 3.93. The van der Waals surface area contributed by atoms with Crippen molar-refractivity contribution in [2.45, 2.75) is 6.42 Å². The smallest absolute Gasteiger partial charge is 0.247 e. The van der Waals surface area contributed by atoms with Gasteiger partial charge < -0.3 is 14.7 Å². The predicted octanol–water partition coefficient (Wildman–Crippen LogP) is 2.89. The molecule has 6 nitrogen and oxygen atoms in total. The lowest BCUT2D eigenvalue weighted by atomic mass is 10.2. The molecule has 0 aliphatic carbocycles. The van der Waals surface area contributed by atoms with Gasteiger partial charge in [-0.15, -0.1) is 5.10 Å². The average Bonchev–Trinajstić information content (AvgIpc) is 3.19. The molecule has 3 heterocycles. The van der Waals surface area contributed by atoms with Crippen molar-refractivity contribution in [3.8, 4) is 0 Å². The topological polar surface area (TPSA) is 48.4 Å². The molecule has 2 aliphatic heterocycles. The van der Waals surface area contributed by atoms with Gasteiger partial charge in [-0.3, -0.25) is 0 Å². The van der Waals surface area contributed by atoms with Crippen LogP contribution in [0, 0.1) is 0 Å². The minimum absolute atomic E-state index is 0.726. The molecule has 0 N–H and O–H groups in total. The maximum atomic E-state index is 4.83. The van der Waals surface area contributed by atoms with Gasteiger partial charge in [0, 0.05) is 44.1 Å². The van der Waals surface area contributed by atoms with E-state index in [0.717, 1.165) is 50.9 Å². The normalized spacial score (nSPS) is 16.5. The average molecular weight is 358 g/mol. The number of benzene rings is 2. The van der Waals surface area contributed by atoms with Crippen LogP contribution in [-0.2, 0) is 6.42 Å². The van der Waals surface area contributed by atoms with E-state index in [-0.39, 0.29) is 0 Å². The van der Waals surface area contributed by atoms with E-state index in [0.29, 0.717) is 0 Å². The summed E-state index contributed by atoms with van der Waals surface area (Å²) in [6.07, 6.45) is 2.82. The molecule has 1 aromatic heterocycles. The Bertz CT molecular complexity index is 921. The molecule has 136 valence electrons. The van der Waals surface area contributed by atoms with Gasteiger partial charge in [0.25, 0.3) is 0 Å². The van der Waals surface area contributed by atoms with E-state index in [1.54, 1.807) is 6.20 Å². The molecule has 5 rings (SSSR count). The van der Waals surface area contributed by atoms with Crippen molar-refractivity contribution in [2.24, 2.45) is 0 Å². The van der Waals surface area contributed by atoms with E-state index in [1.165, 1.54) is 16.9 Å². The largest absolute Gasteiger partial charge is 0.368 e. The summed E-state index contributed by atoms with van der Waals surface area (Å²) in [4.78, 5) is 11.7. The van der Waals surface area contributed by atoms with E-state index >= 15 is 0 Å². The van der Waals surface area contributed by atoms with Crippen LogP contribution in [0.4, 0.5) is 23.1 Å². The van der Waals surface area contributed by atoms with Gasteiger partial charge in [-0.1, -0.05) is 36.4 Å². The third kappa shape index (κ3) is 3.07. The van der Waals surface area contributed by atoms with Gasteiger partial charge in [0.2, 0.25) is 5.95 Å². The molecule has 1 fully saturated rings. The van der Waals surface area contributed by atoms with Crippen molar-refractivity contribution in [2.75, 3.05) is 47.4 Å². The highest BCUT2D eigenvalue weighted by atomic mass is 15.4. The monoisotopic (exact) mass is 358 g/mol. The van der Waals surface area contributed by atoms with Crippen LogP contribution in [0.15, 0.2) is 60.8 Å². The van der Waals surface area contributed by atoms with Crippen molar-refractivity contribution in [1.29, 1.82) is 0 Å². The van der Waals surface area contributed by atoms with Crippen molar-refractivity contribution in [3.63, 3.8) is 0 Å². The fourth-order valence-electron chi connectivity index (χ4n) is 3.93. The van der Waals surface area contributed by atoms with Gasteiger partial charge in [0.1, 0.15) is 0 Å². The Morgan fingerprint density at radius 2 is 1.48 bits per heavy atom. The first-order valence-electron chi connectivity index (χ1n) is 9.48. The molecule has 0 spiro atoms. The maximum Gasteiger partial charge on any atom is 0.247 e. The Morgan fingerprint density at radius 3 is 2.33 bits per heavy atom. The summed E-state index contributed by atoms with van der Waals surface area (Å²) in [6.45, 7) is 4.67. The standard InChI is InChI=1S/C21H22N6/c1-2-7-18(8-3-1)25-12-14-26(15-13-25)21-23-20(16-22-24-21)27-11-10-17-6-4-5-9-19(17)27/h1-9,16H,10-15H2. The van der Waals surface area contributed by atoms with Crippen molar-refractivity contribution < 1.29 is 0 Å². The zero-order valence-corrected chi connectivity index (χ0v) is 15.2. The number of nitrogens with zero attached hydrogens (tertiary/aromatic N) is 6. The van der Waals surface area contributed by atoms with E-state index in [1.807, 2.05) is 0 Å². The SMILES string of the molecule is c1ccc(N2CCN(c3nncc(N4CCc5ccccc54)n3)CC2)cc1. The second-order valence-electron chi connectivity index (χ2n) is 6.95. The van der Waals surface area contributed by atoms with E-state index < -0.39 is 0 Å². The first kappa shape index (κ1) is 16.1. The van der Waals surface area contributed by atoms with Crippen LogP contribution in [-0.4, -0.2) is 47.9 Å². The summed E-state index contributed by atoms with van der Waals surface area (Å²) in [5, 5.41) is 8.55. The molecule has 0 amide bonds. The fraction of sp³-hybridized carbons (Fsp3) is 0.286. The highest BCUT2D eigenvalue weighted by molar-refractivity contribution is 5.67. The molecule has 0 unspecified atom stereocenters. The lowest BCUT2D eigenvalue weighted by Crippen LogP contribution is -2.47. The number of rotatable bonds is 3. The lowest BCUT2D eigenvalue weighted by molar-refractivity contribution is 0.634. The van der Waals surface area contributed by atoms with E-state index in [2.05, 4.69) is 79.5 Å². The van der Waals surface area contributed by atoms with Gasteiger partial charge in [0.05, 0.1) is 6.20 Å². The number of para-hydroxylation sites is 2. The molecule has 2 aliphatic rings. The first-order chi connectivity index (χ1) is 13.4. The zero-order chi connectivity index (χ0) is 18.1. The van der Waals surface area contributed by atoms with Crippen LogP contribution in [0.25, 0.3) is 0 Å². The number of aromatic nitrogens is 3. The van der Waals surface area contributed by atoms with Crippen LogP contribution in [0.5, 0.6) is 0 Å². The quantitative estimate of drug-likeness (QED) is 0.718. The molecule has 0 bridgehead atoms. The summed E-state index contributed by atoms with van der Waals surface area (Å²) in [6, 6.07) is 19.1. The van der Waals surface area contributed by atoms with Crippen LogP contribution in [0.3, 0.4) is 0 Å². The second-order valence-corrected chi connectivity index (χ2v) is 6.95. The summed E-state index contributed by atoms with van der Waals surface area (Å²) in [7, 11) is 0. The number of anilines is 4. The molecule has 0 atom stereocenters. The molecule has 6 heteroatoms. The van der Waals surface area contributed by atoms with Crippen LogP contribution in [0.2, 0.25) is 0 Å². The molecule has 0 radical (unpaired) electrons. The van der Waals surface area contributed by atoms with Gasteiger partial charge >= 0.3 is 0 Å². The van der Waals surface area contributed by atoms with Crippen LogP contribution < -0.4 is 14.7 Å². The first-order valence-corrected chi connectivity index (χ1v) is 9.48. The Labute approximate surface area is 159 Å². The molecular formula is C21H22N6. The van der Waals surface area contributed by atoms with Gasteiger partial charge in [-0.05, 0) is 30.2 Å². The molecule has 0 saturated carbocycles. The van der Waals surface area contributed by atoms with Gasteiger partial charge in [-0.2, -0.15) is 10.1 Å². The predicted molar refractivity (Wildman–Crippen MR) is 108 cm³/mol. The highest BCUT2D eigenvalue weighted by Gasteiger charge is 2.24. The summed E-state index contributed by atoms with van der Waals surface area (Å²) in [5.41, 5.74) is 3.88. The summed E-state index contributed by atoms with van der Waals surface area (Å²) in [5.74, 6) is 1.61. The van der Waals surface area contributed by atoms with E-state index in [4.69, 9.17) is 4.98 Å². The number of hydrogen-bond acceptors (Lipinski definition) is 6. The van der Waals surface area contributed by atoms with E-state index in [9.17, 15) is 0 Å². The third-order valence-corrected chi connectivity index (χ3v) is 5.38. The molecular weight excluding hydrogens is 336 g/mol. The maximum absolute atomic E-state index is 4.83.